The summed E-state index contributed by atoms with van der Waals surface area (Å²) in [4.78, 5) is 16.0. The molecule has 6 nitrogen and oxygen atoms in total. The molecule has 0 fully saturated rings. The standard InChI is InChI=1S/2C6H15P.2HNO2.Ni/c2*1-4-7(5-2)6-3;2*2-1-3;/h2*4-6H2,1-3H3;2*(H,2,3);/q;;;;+2. The molecular weight excluding hydrogens is 357 g/mol. The molecule has 0 aliphatic carbocycles. The Morgan fingerprint density at radius 3 is 0.714 bits per heavy atom. The molecule has 0 aromatic heterocycles. The monoisotopic (exact) mass is 388 g/mol. The molecule has 0 heterocycles. The van der Waals surface area contributed by atoms with E-state index in [0.717, 1.165) is 10.7 Å². The summed E-state index contributed by atoms with van der Waals surface area (Å²) in [7, 11) is 0.275. The Kier molecular flexibility index (Phi) is 57.9. The minimum atomic E-state index is 0. The minimum absolute atomic E-state index is 0. The zero-order valence-corrected chi connectivity index (χ0v) is 17.1. The maximum atomic E-state index is 8.00. The molecule has 0 rings (SSSR count). The minimum Gasteiger partial charge on any atom is -0.444 e. The van der Waals surface area contributed by atoms with E-state index in [1.54, 1.807) is 0 Å². The van der Waals surface area contributed by atoms with Gasteiger partial charge in [0.25, 0.3) is 0 Å². The van der Waals surface area contributed by atoms with Crippen LogP contribution in [0.4, 0.5) is 0 Å². The van der Waals surface area contributed by atoms with E-state index in [1.165, 1.54) is 37.0 Å². The fraction of sp³-hybridized carbons (Fsp3) is 1.00. The third kappa shape index (κ3) is 45.0. The predicted octanol–water partition coefficient (Wildman–Crippen LogP) is 5.02. The van der Waals surface area contributed by atoms with Crippen LogP contribution in [0, 0.1) is 20.2 Å². The van der Waals surface area contributed by atoms with Crippen molar-refractivity contribution in [1.29, 1.82) is 0 Å². The van der Waals surface area contributed by atoms with E-state index in [9.17, 15) is 0 Å². The maximum Gasteiger partial charge on any atom is 2.00 e. The van der Waals surface area contributed by atoms with Gasteiger partial charge >= 0.3 is 16.5 Å². The first kappa shape index (κ1) is 32.9. The molecule has 0 bridgehead atoms. The fourth-order valence-corrected chi connectivity index (χ4v) is 4.50. The van der Waals surface area contributed by atoms with Gasteiger partial charge in [0.2, 0.25) is 0 Å². The maximum absolute atomic E-state index is 8.00. The molecule has 132 valence electrons. The van der Waals surface area contributed by atoms with Crippen molar-refractivity contribution in [2.45, 2.75) is 41.5 Å². The van der Waals surface area contributed by atoms with Crippen molar-refractivity contribution in [3.63, 3.8) is 0 Å². The second-order valence-corrected chi connectivity index (χ2v) is 11.0. The Labute approximate surface area is 142 Å². The van der Waals surface area contributed by atoms with Crippen LogP contribution in [0.1, 0.15) is 41.5 Å². The van der Waals surface area contributed by atoms with Crippen molar-refractivity contribution in [3.05, 3.63) is 20.2 Å². The molecule has 0 saturated heterocycles. The topological polar surface area (TPSA) is 105 Å². The van der Waals surface area contributed by atoms with Gasteiger partial charge in [0.15, 0.2) is 0 Å². The molecule has 0 N–H and O–H groups in total. The Morgan fingerprint density at radius 1 is 0.619 bits per heavy atom. The third-order valence-electron chi connectivity index (χ3n) is 3.00. The third-order valence-corrected chi connectivity index (χ3v) is 9.00. The molecule has 0 radical (unpaired) electrons. The molecule has 0 aromatic rings. The first-order valence-electron chi connectivity index (χ1n) is 7.09. The smallest absolute Gasteiger partial charge is 0.444 e. The summed E-state index contributed by atoms with van der Waals surface area (Å²) in [6.07, 6.45) is 8.74. The van der Waals surface area contributed by atoms with E-state index in [4.69, 9.17) is 20.2 Å². The van der Waals surface area contributed by atoms with Crippen molar-refractivity contribution < 1.29 is 16.5 Å². The Morgan fingerprint density at radius 2 is 0.714 bits per heavy atom. The van der Waals surface area contributed by atoms with Crippen molar-refractivity contribution in [3.8, 4) is 0 Å². The number of hydrogen-bond donors (Lipinski definition) is 0. The zero-order chi connectivity index (χ0) is 16.8. The largest absolute Gasteiger partial charge is 2.00 e. The summed E-state index contributed by atoms with van der Waals surface area (Å²) in [5.41, 5.74) is 0. The zero-order valence-electron chi connectivity index (χ0n) is 14.1. The normalized spacial score (nSPS) is 8.00. The molecule has 0 unspecified atom stereocenters. The SMILES string of the molecule is CC[PH+](CC)CC.CC[PH+](CC)CC.O=N[O-].O=N[O-].[Ni+2]. The summed E-state index contributed by atoms with van der Waals surface area (Å²) in [6, 6.07) is 0. The van der Waals surface area contributed by atoms with Gasteiger partial charge in [-0.3, -0.25) is 0 Å². The van der Waals surface area contributed by atoms with Crippen LogP contribution in [-0.4, -0.2) is 37.0 Å². The molecule has 0 saturated carbocycles. The molecule has 0 amide bonds. The van der Waals surface area contributed by atoms with Gasteiger partial charge in [0.1, 0.15) is 0 Å². The summed E-state index contributed by atoms with van der Waals surface area (Å²) in [5.74, 6) is 0. The summed E-state index contributed by atoms with van der Waals surface area (Å²) in [5, 5.41) is 18.0. The van der Waals surface area contributed by atoms with Gasteiger partial charge in [0, 0.05) is 0 Å². The van der Waals surface area contributed by atoms with Gasteiger partial charge in [-0.05, 0) is 57.4 Å². The van der Waals surface area contributed by atoms with Crippen molar-refractivity contribution in [2.75, 3.05) is 37.0 Å². The number of hydrogen-bond acceptors (Lipinski definition) is 6. The molecule has 0 atom stereocenters. The average molecular weight is 389 g/mol. The van der Waals surface area contributed by atoms with Crippen LogP contribution in [0.5, 0.6) is 0 Å². The molecular formula is C12H32N2NiO4P2+2. The van der Waals surface area contributed by atoms with Crippen LogP contribution in [0.15, 0.2) is 10.7 Å². The van der Waals surface area contributed by atoms with Crippen LogP contribution in [-0.2, 0) is 16.5 Å². The molecule has 0 aliphatic heterocycles. The fourth-order valence-electron chi connectivity index (χ4n) is 1.50. The summed E-state index contributed by atoms with van der Waals surface area (Å²) >= 11 is 0. The van der Waals surface area contributed by atoms with Gasteiger partial charge < -0.3 is 20.2 Å². The van der Waals surface area contributed by atoms with Crippen molar-refractivity contribution >= 4 is 15.8 Å². The van der Waals surface area contributed by atoms with Gasteiger partial charge in [-0.25, -0.2) is 0 Å². The Bertz CT molecular complexity index is 146. The van der Waals surface area contributed by atoms with Crippen LogP contribution in [0.2, 0.25) is 0 Å². The van der Waals surface area contributed by atoms with Gasteiger partial charge in [-0.15, -0.1) is 10.7 Å². The Balaban J connectivity index is -0.0000000576. The molecule has 0 aliphatic rings. The van der Waals surface area contributed by atoms with E-state index in [2.05, 4.69) is 41.5 Å². The molecule has 0 spiro atoms. The van der Waals surface area contributed by atoms with Crippen LogP contribution in [0.25, 0.3) is 0 Å². The second-order valence-electron chi connectivity index (χ2n) is 3.77. The van der Waals surface area contributed by atoms with E-state index < -0.39 is 0 Å². The van der Waals surface area contributed by atoms with E-state index in [0.29, 0.717) is 0 Å². The van der Waals surface area contributed by atoms with Gasteiger partial charge in [0.05, 0.1) is 37.0 Å². The van der Waals surface area contributed by atoms with Gasteiger partial charge in [-0.1, -0.05) is 0 Å². The van der Waals surface area contributed by atoms with Crippen LogP contribution < -0.4 is 0 Å². The van der Waals surface area contributed by atoms with Gasteiger partial charge in [-0.2, -0.15) is 0 Å². The number of nitrogens with zero attached hydrogens (tertiary/aromatic N) is 2. The van der Waals surface area contributed by atoms with E-state index in [1.807, 2.05) is 0 Å². The number of rotatable bonds is 6. The predicted molar refractivity (Wildman–Crippen MR) is 98.2 cm³/mol. The van der Waals surface area contributed by atoms with Crippen molar-refractivity contribution in [2.24, 2.45) is 10.7 Å². The van der Waals surface area contributed by atoms with Crippen molar-refractivity contribution in [1.82, 2.24) is 0 Å². The Hall–Kier alpha value is 0.154. The first-order valence-corrected chi connectivity index (χ1v) is 11.3. The molecule has 21 heavy (non-hydrogen) atoms. The van der Waals surface area contributed by atoms with E-state index >= 15 is 0 Å². The molecule has 9 heteroatoms. The first-order chi connectivity index (χ1) is 9.52. The molecule has 0 aromatic carbocycles. The average Bonchev–Trinajstić information content (AvgIpc) is 2.45. The summed E-state index contributed by atoms with van der Waals surface area (Å²) < 4.78 is 0. The quantitative estimate of drug-likeness (QED) is 0.275. The van der Waals surface area contributed by atoms with Crippen LogP contribution >= 0.6 is 15.8 Å². The summed E-state index contributed by atoms with van der Waals surface area (Å²) in [6.45, 7) is 13.8. The van der Waals surface area contributed by atoms with E-state index in [-0.39, 0.29) is 32.3 Å². The second kappa shape index (κ2) is 36.9. The van der Waals surface area contributed by atoms with Crippen LogP contribution in [0.3, 0.4) is 0 Å².